The molecule has 0 fully saturated rings. The van der Waals surface area contributed by atoms with Crippen LogP contribution in [0.15, 0.2) is 24.3 Å². The molecule has 0 saturated heterocycles. The third kappa shape index (κ3) is 4.14. The van der Waals surface area contributed by atoms with E-state index in [1.54, 1.807) is 0 Å². The molecule has 0 saturated carbocycles. The molecule has 1 rings (SSSR count). The van der Waals surface area contributed by atoms with Gasteiger partial charge in [-0.2, -0.15) is 0 Å². The van der Waals surface area contributed by atoms with Gasteiger partial charge in [0.1, 0.15) is 12.4 Å². The predicted octanol–water partition coefficient (Wildman–Crippen LogP) is 4.40. The van der Waals surface area contributed by atoms with Crippen molar-refractivity contribution < 1.29 is 9.16 Å². The number of benzene rings is 1. The molecule has 0 amide bonds. The molecule has 102 valence electrons. The summed E-state index contributed by atoms with van der Waals surface area (Å²) < 4.78 is 11.8. The summed E-state index contributed by atoms with van der Waals surface area (Å²) in [6.45, 7) is 14.6. The molecule has 1 aromatic carbocycles. The van der Waals surface area contributed by atoms with Crippen LogP contribution in [0.4, 0.5) is 0 Å². The Hall–Kier alpha value is -0.803. The minimum Gasteiger partial charge on any atom is -0.491 e. The fourth-order valence-electron chi connectivity index (χ4n) is 1.38. The monoisotopic (exact) mass is 266 g/mol. The predicted molar refractivity (Wildman–Crippen MR) is 79.8 cm³/mol. The van der Waals surface area contributed by atoms with Crippen molar-refractivity contribution in [2.45, 2.75) is 45.8 Å². The van der Waals surface area contributed by atoms with Crippen molar-refractivity contribution in [1.29, 1.82) is 0 Å². The van der Waals surface area contributed by atoms with Crippen LogP contribution in [0, 0.1) is 6.92 Å². The van der Waals surface area contributed by atoms with Crippen molar-refractivity contribution in [3.05, 3.63) is 29.8 Å². The Kier molecular flexibility index (Phi) is 4.99. The van der Waals surface area contributed by atoms with Crippen molar-refractivity contribution in [3.63, 3.8) is 0 Å². The lowest BCUT2D eigenvalue weighted by Gasteiger charge is -2.36. The SMILES string of the molecule is Cc1ccccc1OCCO[Si](C)(C)C(C)(C)C. The first kappa shape index (κ1) is 15.3. The van der Waals surface area contributed by atoms with Gasteiger partial charge >= 0.3 is 0 Å². The smallest absolute Gasteiger partial charge is 0.192 e. The minimum atomic E-state index is -1.64. The maximum atomic E-state index is 6.07. The highest BCUT2D eigenvalue weighted by atomic mass is 28.4. The molecular weight excluding hydrogens is 240 g/mol. The fourth-order valence-corrected chi connectivity index (χ4v) is 2.41. The lowest BCUT2D eigenvalue weighted by molar-refractivity contribution is 0.203. The van der Waals surface area contributed by atoms with Gasteiger partial charge in [-0.1, -0.05) is 39.0 Å². The summed E-state index contributed by atoms with van der Waals surface area (Å²) in [5.41, 5.74) is 1.17. The average molecular weight is 266 g/mol. The van der Waals surface area contributed by atoms with Crippen LogP contribution < -0.4 is 4.74 Å². The van der Waals surface area contributed by atoms with Gasteiger partial charge in [-0.15, -0.1) is 0 Å². The zero-order valence-electron chi connectivity index (χ0n) is 12.5. The molecule has 1 aromatic rings. The van der Waals surface area contributed by atoms with E-state index in [4.69, 9.17) is 9.16 Å². The van der Waals surface area contributed by atoms with E-state index < -0.39 is 8.32 Å². The van der Waals surface area contributed by atoms with E-state index >= 15 is 0 Å². The van der Waals surface area contributed by atoms with Crippen molar-refractivity contribution in [2.24, 2.45) is 0 Å². The molecule has 0 aliphatic heterocycles. The Labute approximate surface area is 112 Å². The summed E-state index contributed by atoms with van der Waals surface area (Å²) in [6.07, 6.45) is 0. The number of hydrogen-bond donors (Lipinski definition) is 0. The van der Waals surface area contributed by atoms with Gasteiger partial charge in [-0.3, -0.25) is 0 Å². The molecule has 0 atom stereocenters. The Bertz CT molecular complexity index is 380. The second kappa shape index (κ2) is 5.89. The van der Waals surface area contributed by atoms with Crippen molar-refractivity contribution in [3.8, 4) is 5.75 Å². The Morgan fingerprint density at radius 1 is 1.06 bits per heavy atom. The largest absolute Gasteiger partial charge is 0.491 e. The van der Waals surface area contributed by atoms with E-state index in [0.29, 0.717) is 13.2 Å². The number of aryl methyl sites for hydroxylation is 1. The molecule has 18 heavy (non-hydrogen) atoms. The standard InChI is InChI=1S/C15H26O2Si/c1-13-9-7-8-10-14(13)16-11-12-17-18(5,6)15(2,3)4/h7-10H,11-12H2,1-6H3. The fraction of sp³-hybridized carbons (Fsp3) is 0.600. The van der Waals surface area contributed by atoms with Gasteiger partial charge in [0.25, 0.3) is 0 Å². The summed E-state index contributed by atoms with van der Waals surface area (Å²) in [4.78, 5) is 0. The molecule has 0 aliphatic rings. The number of hydrogen-bond acceptors (Lipinski definition) is 2. The normalized spacial score (nSPS) is 12.6. The molecule has 0 aromatic heterocycles. The number of ether oxygens (including phenoxy) is 1. The first-order valence-electron chi connectivity index (χ1n) is 6.56. The van der Waals surface area contributed by atoms with E-state index in [-0.39, 0.29) is 5.04 Å². The summed E-state index contributed by atoms with van der Waals surface area (Å²) in [7, 11) is -1.64. The van der Waals surface area contributed by atoms with Crippen LogP contribution in [-0.4, -0.2) is 21.5 Å². The van der Waals surface area contributed by atoms with Crippen LogP contribution >= 0.6 is 0 Å². The first-order chi connectivity index (χ1) is 8.24. The van der Waals surface area contributed by atoms with Gasteiger partial charge in [0, 0.05) is 0 Å². The maximum Gasteiger partial charge on any atom is 0.192 e. The molecule has 3 heteroatoms. The third-order valence-electron chi connectivity index (χ3n) is 3.70. The van der Waals surface area contributed by atoms with E-state index in [9.17, 15) is 0 Å². The van der Waals surface area contributed by atoms with Crippen LogP contribution in [0.25, 0.3) is 0 Å². The Morgan fingerprint density at radius 3 is 2.22 bits per heavy atom. The molecule has 0 aliphatic carbocycles. The van der Waals surface area contributed by atoms with Gasteiger partial charge in [0.15, 0.2) is 8.32 Å². The maximum absolute atomic E-state index is 6.07. The van der Waals surface area contributed by atoms with E-state index in [0.717, 1.165) is 5.75 Å². The van der Waals surface area contributed by atoms with E-state index in [1.165, 1.54) is 5.56 Å². The van der Waals surface area contributed by atoms with Gasteiger partial charge in [0.05, 0.1) is 6.61 Å². The quantitative estimate of drug-likeness (QED) is 0.581. The number of rotatable bonds is 5. The van der Waals surface area contributed by atoms with Crippen molar-refractivity contribution in [2.75, 3.05) is 13.2 Å². The van der Waals surface area contributed by atoms with Gasteiger partial charge in [0.2, 0.25) is 0 Å². The Balaban J connectivity index is 2.38. The van der Waals surface area contributed by atoms with Crippen LogP contribution in [0.5, 0.6) is 5.75 Å². The zero-order valence-corrected chi connectivity index (χ0v) is 13.5. The van der Waals surface area contributed by atoms with Crippen LogP contribution in [0.1, 0.15) is 26.3 Å². The topological polar surface area (TPSA) is 18.5 Å². The van der Waals surface area contributed by atoms with Crippen molar-refractivity contribution in [1.82, 2.24) is 0 Å². The number of para-hydroxylation sites is 1. The zero-order chi connectivity index (χ0) is 13.8. The summed E-state index contributed by atoms with van der Waals surface area (Å²) in [5, 5.41) is 0.260. The average Bonchev–Trinajstić information content (AvgIpc) is 2.25. The molecule has 0 N–H and O–H groups in total. The molecule has 0 spiro atoms. The lowest BCUT2D eigenvalue weighted by Crippen LogP contribution is -2.41. The summed E-state index contributed by atoms with van der Waals surface area (Å²) in [5.74, 6) is 0.955. The van der Waals surface area contributed by atoms with E-state index in [1.807, 2.05) is 18.2 Å². The summed E-state index contributed by atoms with van der Waals surface area (Å²) in [6, 6.07) is 8.08. The minimum absolute atomic E-state index is 0.260. The highest BCUT2D eigenvalue weighted by Crippen LogP contribution is 2.36. The third-order valence-corrected chi connectivity index (χ3v) is 8.24. The van der Waals surface area contributed by atoms with E-state index in [2.05, 4.69) is 46.9 Å². The molecule has 2 nitrogen and oxygen atoms in total. The van der Waals surface area contributed by atoms with Gasteiger partial charge in [-0.05, 0) is 36.7 Å². The molecule has 0 unspecified atom stereocenters. The van der Waals surface area contributed by atoms with Crippen LogP contribution in [0.2, 0.25) is 18.1 Å². The summed E-state index contributed by atoms with van der Waals surface area (Å²) >= 11 is 0. The van der Waals surface area contributed by atoms with Gasteiger partial charge < -0.3 is 9.16 Å². The molecular formula is C15H26O2Si. The van der Waals surface area contributed by atoms with Gasteiger partial charge in [-0.25, -0.2) is 0 Å². The van der Waals surface area contributed by atoms with Crippen molar-refractivity contribution >= 4 is 8.32 Å². The lowest BCUT2D eigenvalue weighted by atomic mass is 10.2. The molecule has 0 bridgehead atoms. The highest BCUT2D eigenvalue weighted by Gasteiger charge is 2.36. The first-order valence-corrected chi connectivity index (χ1v) is 9.47. The van der Waals surface area contributed by atoms with Crippen LogP contribution in [-0.2, 0) is 4.43 Å². The molecule has 0 radical (unpaired) electrons. The molecule has 0 heterocycles. The second-order valence-corrected chi connectivity index (χ2v) is 11.0. The highest BCUT2D eigenvalue weighted by molar-refractivity contribution is 6.74. The second-order valence-electron chi connectivity index (χ2n) is 6.22. The van der Waals surface area contributed by atoms with Crippen LogP contribution in [0.3, 0.4) is 0 Å². The Morgan fingerprint density at radius 2 is 1.67 bits per heavy atom.